The number of benzene rings is 1. The van der Waals surface area contributed by atoms with E-state index in [9.17, 15) is 12.8 Å². The van der Waals surface area contributed by atoms with Gasteiger partial charge < -0.3 is 0 Å². The smallest absolute Gasteiger partial charge is 0.246 e. The molecule has 1 aliphatic rings. The molecule has 0 saturated carbocycles. The quantitative estimate of drug-likeness (QED) is 0.623. The summed E-state index contributed by atoms with van der Waals surface area (Å²) < 4.78 is 40.8. The van der Waals surface area contributed by atoms with Gasteiger partial charge in [-0.15, -0.1) is 0 Å². The van der Waals surface area contributed by atoms with E-state index in [0.29, 0.717) is 44.2 Å². The Balaban J connectivity index is 1.45. The predicted molar refractivity (Wildman–Crippen MR) is 110 cm³/mol. The van der Waals surface area contributed by atoms with Crippen LogP contribution in [-0.2, 0) is 16.6 Å². The lowest BCUT2D eigenvalue weighted by atomic mass is 10.2. The van der Waals surface area contributed by atoms with Gasteiger partial charge in [0.2, 0.25) is 10.0 Å². The minimum atomic E-state index is -3.68. The molecule has 0 unspecified atom stereocenters. The maximum atomic E-state index is 13.1. The molecule has 156 valence electrons. The number of aryl methyl sites for hydroxylation is 1. The molecule has 1 saturated heterocycles. The van der Waals surface area contributed by atoms with Crippen LogP contribution in [0.5, 0.6) is 0 Å². The lowest BCUT2D eigenvalue weighted by Crippen LogP contribution is -2.48. The topological polar surface area (TPSA) is 79.3 Å². The molecule has 0 radical (unpaired) electrons. The van der Waals surface area contributed by atoms with Gasteiger partial charge in [0.1, 0.15) is 10.7 Å². The van der Waals surface area contributed by atoms with Gasteiger partial charge in [-0.3, -0.25) is 9.88 Å². The van der Waals surface area contributed by atoms with Crippen LogP contribution in [0.2, 0.25) is 0 Å². The number of hydrogen-bond donors (Lipinski definition) is 0. The van der Waals surface area contributed by atoms with Gasteiger partial charge in [-0.05, 0) is 36.8 Å². The predicted octanol–water partition coefficient (Wildman–Crippen LogP) is 2.49. The lowest BCUT2D eigenvalue weighted by Gasteiger charge is -2.34. The minimum absolute atomic E-state index is 0.127. The van der Waals surface area contributed by atoms with Crippen LogP contribution in [0.25, 0.3) is 11.4 Å². The largest absolute Gasteiger partial charge is 0.296 e. The highest BCUT2D eigenvalue weighted by Crippen LogP contribution is 2.22. The molecule has 4 rings (SSSR count). The van der Waals surface area contributed by atoms with Gasteiger partial charge in [-0.2, -0.15) is 4.31 Å². The molecular weight excluding hydrogens is 405 g/mol. The summed E-state index contributed by atoms with van der Waals surface area (Å²) in [7, 11) is -3.68. The SMILES string of the molecule is Cc1nc(-c2cccnc2)ncc1S(=O)(=O)N1CCN(Cc2ccc(F)cc2)CC1. The van der Waals surface area contributed by atoms with Crippen LogP contribution in [0.4, 0.5) is 4.39 Å². The molecule has 30 heavy (non-hydrogen) atoms. The molecule has 0 atom stereocenters. The van der Waals surface area contributed by atoms with Crippen molar-refractivity contribution in [3.8, 4) is 11.4 Å². The fraction of sp³-hybridized carbons (Fsp3) is 0.286. The first-order valence-corrected chi connectivity index (χ1v) is 11.1. The number of rotatable bonds is 5. The fourth-order valence-corrected chi connectivity index (χ4v) is 4.99. The zero-order valence-electron chi connectivity index (χ0n) is 16.6. The number of piperazine rings is 1. The molecule has 3 aromatic rings. The van der Waals surface area contributed by atoms with Crippen LogP contribution in [0.15, 0.2) is 59.9 Å². The third-order valence-corrected chi connectivity index (χ3v) is 7.12. The first-order chi connectivity index (χ1) is 14.4. The van der Waals surface area contributed by atoms with Crippen molar-refractivity contribution >= 4 is 10.0 Å². The van der Waals surface area contributed by atoms with Crippen molar-refractivity contribution in [2.45, 2.75) is 18.4 Å². The molecule has 0 amide bonds. The molecule has 2 aromatic heterocycles. The Hall–Kier alpha value is -2.75. The average molecular weight is 428 g/mol. The summed E-state index contributed by atoms with van der Waals surface area (Å²) in [6, 6.07) is 9.99. The monoisotopic (exact) mass is 427 g/mol. The number of aromatic nitrogens is 3. The number of pyridine rings is 1. The minimum Gasteiger partial charge on any atom is -0.296 e. The lowest BCUT2D eigenvalue weighted by molar-refractivity contribution is 0.181. The Morgan fingerprint density at radius 2 is 1.77 bits per heavy atom. The second kappa shape index (κ2) is 8.55. The van der Waals surface area contributed by atoms with Crippen molar-refractivity contribution in [1.82, 2.24) is 24.2 Å². The van der Waals surface area contributed by atoms with Crippen molar-refractivity contribution in [2.24, 2.45) is 0 Å². The highest BCUT2D eigenvalue weighted by Gasteiger charge is 2.30. The summed E-state index contributed by atoms with van der Waals surface area (Å²) in [6.45, 7) is 4.31. The zero-order chi connectivity index (χ0) is 21.1. The Morgan fingerprint density at radius 3 is 2.40 bits per heavy atom. The van der Waals surface area contributed by atoms with Crippen molar-refractivity contribution in [1.29, 1.82) is 0 Å². The van der Waals surface area contributed by atoms with Gasteiger partial charge in [0.25, 0.3) is 0 Å². The van der Waals surface area contributed by atoms with E-state index >= 15 is 0 Å². The summed E-state index contributed by atoms with van der Waals surface area (Å²) in [6.07, 6.45) is 4.68. The molecule has 0 N–H and O–H groups in total. The van der Waals surface area contributed by atoms with Crippen LogP contribution < -0.4 is 0 Å². The number of sulfonamides is 1. The summed E-state index contributed by atoms with van der Waals surface area (Å²) in [5.41, 5.74) is 2.15. The van der Waals surface area contributed by atoms with Gasteiger partial charge in [0.05, 0.1) is 11.9 Å². The first kappa shape index (κ1) is 20.5. The van der Waals surface area contributed by atoms with Gasteiger partial charge in [0, 0.05) is 50.7 Å². The Bertz CT molecular complexity index is 1120. The van der Waals surface area contributed by atoms with Gasteiger partial charge in [-0.25, -0.2) is 22.8 Å². The molecule has 0 spiro atoms. The van der Waals surface area contributed by atoms with E-state index in [2.05, 4.69) is 19.9 Å². The second-order valence-corrected chi connectivity index (χ2v) is 9.10. The van der Waals surface area contributed by atoms with Crippen molar-refractivity contribution in [3.05, 3.63) is 72.1 Å². The summed E-state index contributed by atoms with van der Waals surface area (Å²) in [5, 5.41) is 0. The van der Waals surface area contributed by atoms with E-state index in [1.807, 2.05) is 6.07 Å². The van der Waals surface area contributed by atoms with E-state index in [0.717, 1.165) is 11.1 Å². The highest BCUT2D eigenvalue weighted by atomic mass is 32.2. The van der Waals surface area contributed by atoms with Gasteiger partial charge in [-0.1, -0.05) is 12.1 Å². The van der Waals surface area contributed by atoms with Crippen LogP contribution in [-0.4, -0.2) is 58.8 Å². The fourth-order valence-electron chi connectivity index (χ4n) is 3.46. The average Bonchev–Trinajstić information content (AvgIpc) is 2.76. The molecule has 1 aliphatic heterocycles. The van der Waals surface area contributed by atoms with E-state index in [4.69, 9.17) is 0 Å². The van der Waals surface area contributed by atoms with E-state index in [1.165, 1.54) is 22.6 Å². The Labute approximate surface area is 175 Å². The summed E-state index contributed by atoms with van der Waals surface area (Å²) in [4.78, 5) is 15.0. The Kier molecular flexibility index (Phi) is 5.85. The molecule has 0 bridgehead atoms. The molecule has 9 heteroatoms. The van der Waals surface area contributed by atoms with E-state index < -0.39 is 10.0 Å². The molecule has 1 aromatic carbocycles. The normalized spacial score (nSPS) is 15.9. The number of hydrogen-bond acceptors (Lipinski definition) is 6. The molecule has 1 fully saturated rings. The third-order valence-electron chi connectivity index (χ3n) is 5.12. The van der Waals surface area contributed by atoms with Crippen LogP contribution in [0, 0.1) is 12.7 Å². The van der Waals surface area contributed by atoms with Crippen molar-refractivity contribution < 1.29 is 12.8 Å². The van der Waals surface area contributed by atoms with Crippen LogP contribution in [0.1, 0.15) is 11.3 Å². The van der Waals surface area contributed by atoms with E-state index in [1.54, 1.807) is 37.5 Å². The van der Waals surface area contributed by atoms with Crippen molar-refractivity contribution in [3.63, 3.8) is 0 Å². The standard InChI is InChI=1S/C21H22FN5O2S/c1-16-20(14-24-21(25-16)18-3-2-8-23-13-18)30(28,29)27-11-9-26(10-12-27)15-17-4-6-19(22)7-5-17/h2-8,13-14H,9-12,15H2,1H3. The van der Waals surface area contributed by atoms with Gasteiger partial charge in [0.15, 0.2) is 5.82 Å². The third kappa shape index (κ3) is 4.38. The molecule has 0 aliphatic carbocycles. The van der Waals surface area contributed by atoms with Crippen molar-refractivity contribution in [2.75, 3.05) is 26.2 Å². The zero-order valence-corrected chi connectivity index (χ0v) is 17.4. The first-order valence-electron chi connectivity index (χ1n) is 9.64. The van der Waals surface area contributed by atoms with Gasteiger partial charge >= 0.3 is 0 Å². The number of halogens is 1. The van der Waals surface area contributed by atoms with Crippen LogP contribution in [0.3, 0.4) is 0 Å². The molecule has 7 nitrogen and oxygen atoms in total. The highest BCUT2D eigenvalue weighted by molar-refractivity contribution is 7.89. The maximum Gasteiger partial charge on any atom is 0.246 e. The van der Waals surface area contributed by atoms with E-state index in [-0.39, 0.29) is 10.7 Å². The Morgan fingerprint density at radius 1 is 1.03 bits per heavy atom. The summed E-state index contributed by atoms with van der Waals surface area (Å²) >= 11 is 0. The maximum absolute atomic E-state index is 13.1. The number of nitrogens with zero attached hydrogens (tertiary/aromatic N) is 5. The summed E-state index contributed by atoms with van der Waals surface area (Å²) in [5.74, 6) is 0.186. The molecule has 3 heterocycles. The van der Waals surface area contributed by atoms with Crippen LogP contribution >= 0.6 is 0 Å². The molecular formula is C21H22FN5O2S. The second-order valence-electron chi connectivity index (χ2n) is 7.19.